The Morgan fingerprint density at radius 2 is 1.85 bits per heavy atom. The Hall–Kier alpha value is -1.34. The standard InChI is InChI=1S/C13H29N5O2/c1-8(2)9(3)12(20-4)18-10(11(14)19)6-5-7-17-13(15)16/h8-10,12,18H,5-7H2,1-4H3,(H2,14,19)(H4,15,16,17)/t9-,10+,12?/m1/s1. The van der Waals surface area contributed by atoms with Crippen LogP contribution in [0.1, 0.15) is 33.6 Å². The average molecular weight is 287 g/mol. The van der Waals surface area contributed by atoms with Crippen molar-refractivity contribution in [3.8, 4) is 0 Å². The molecule has 0 radical (unpaired) electrons. The maximum Gasteiger partial charge on any atom is 0.234 e. The third-order valence-corrected chi connectivity index (χ3v) is 3.44. The molecule has 1 unspecified atom stereocenters. The van der Waals surface area contributed by atoms with Crippen molar-refractivity contribution in [1.29, 1.82) is 0 Å². The lowest BCUT2D eigenvalue weighted by molar-refractivity contribution is -0.122. The first kappa shape index (κ1) is 18.7. The first-order valence-corrected chi connectivity index (χ1v) is 6.93. The fraction of sp³-hybridized carbons (Fsp3) is 0.846. The van der Waals surface area contributed by atoms with E-state index in [9.17, 15) is 4.79 Å². The predicted molar refractivity (Wildman–Crippen MR) is 80.8 cm³/mol. The molecule has 20 heavy (non-hydrogen) atoms. The number of hydrogen-bond acceptors (Lipinski definition) is 4. The monoisotopic (exact) mass is 287 g/mol. The van der Waals surface area contributed by atoms with E-state index >= 15 is 0 Å². The third kappa shape index (κ3) is 7.30. The highest BCUT2D eigenvalue weighted by Gasteiger charge is 2.25. The van der Waals surface area contributed by atoms with Crippen LogP contribution in [0, 0.1) is 11.8 Å². The van der Waals surface area contributed by atoms with Crippen molar-refractivity contribution in [3.63, 3.8) is 0 Å². The van der Waals surface area contributed by atoms with Gasteiger partial charge in [0.25, 0.3) is 0 Å². The van der Waals surface area contributed by atoms with Gasteiger partial charge in [0.1, 0.15) is 6.23 Å². The molecule has 0 aromatic rings. The summed E-state index contributed by atoms with van der Waals surface area (Å²) in [6, 6.07) is -0.449. The molecular weight excluding hydrogens is 258 g/mol. The lowest BCUT2D eigenvalue weighted by Crippen LogP contribution is -2.50. The minimum atomic E-state index is -0.449. The molecule has 7 heteroatoms. The Labute approximate surface area is 121 Å². The second-order valence-corrected chi connectivity index (χ2v) is 5.33. The minimum absolute atomic E-state index is 0.0526. The number of nitrogens with two attached hydrogens (primary N) is 3. The summed E-state index contributed by atoms with van der Waals surface area (Å²) in [5.41, 5.74) is 15.9. The smallest absolute Gasteiger partial charge is 0.234 e. The van der Waals surface area contributed by atoms with Crippen LogP contribution in [-0.2, 0) is 9.53 Å². The van der Waals surface area contributed by atoms with Crippen molar-refractivity contribution >= 4 is 11.9 Å². The van der Waals surface area contributed by atoms with Crippen LogP contribution in [0.15, 0.2) is 4.99 Å². The molecule has 118 valence electrons. The van der Waals surface area contributed by atoms with Crippen LogP contribution in [0.4, 0.5) is 0 Å². The van der Waals surface area contributed by atoms with Crippen LogP contribution >= 0.6 is 0 Å². The van der Waals surface area contributed by atoms with Crippen molar-refractivity contribution in [3.05, 3.63) is 0 Å². The van der Waals surface area contributed by atoms with Crippen LogP contribution in [-0.4, -0.2) is 37.8 Å². The number of nitrogens with one attached hydrogen (secondary N) is 1. The summed E-state index contributed by atoms with van der Waals surface area (Å²) in [7, 11) is 1.62. The first-order valence-electron chi connectivity index (χ1n) is 6.93. The number of carbonyl (C=O) groups is 1. The molecule has 0 saturated heterocycles. The van der Waals surface area contributed by atoms with Gasteiger partial charge in [-0.05, 0) is 24.7 Å². The number of aliphatic imine (C=N–C) groups is 1. The maximum atomic E-state index is 11.5. The molecule has 0 rings (SSSR count). The SMILES string of the molecule is COC(N[C@@H](CCCN=C(N)N)C(N)=O)[C@H](C)C(C)C. The van der Waals surface area contributed by atoms with Crippen molar-refractivity contribution in [1.82, 2.24) is 5.32 Å². The number of hydrogen-bond donors (Lipinski definition) is 4. The second kappa shape index (κ2) is 9.55. The average Bonchev–Trinajstić information content (AvgIpc) is 2.36. The number of ether oxygens (including phenoxy) is 1. The lowest BCUT2D eigenvalue weighted by atomic mass is 9.95. The molecule has 7 nitrogen and oxygen atoms in total. The number of guanidine groups is 1. The first-order chi connectivity index (χ1) is 9.29. The highest BCUT2D eigenvalue weighted by molar-refractivity contribution is 5.79. The Morgan fingerprint density at radius 1 is 1.25 bits per heavy atom. The summed E-state index contributed by atoms with van der Waals surface area (Å²) >= 11 is 0. The highest BCUT2D eigenvalue weighted by atomic mass is 16.5. The van der Waals surface area contributed by atoms with Gasteiger partial charge in [0.05, 0.1) is 6.04 Å². The molecule has 0 aromatic carbocycles. The number of carbonyl (C=O) groups excluding carboxylic acids is 1. The molecule has 0 aliphatic heterocycles. The summed E-state index contributed by atoms with van der Waals surface area (Å²) in [6.07, 6.45) is 1.03. The Bertz CT molecular complexity index is 316. The summed E-state index contributed by atoms with van der Waals surface area (Å²) in [5.74, 6) is 0.353. The van der Waals surface area contributed by atoms with Gasteiger partial charge in [-0.15, -0.1) is 0 Å². The fourth-order valence-electron chi connectivity index (χ4n) is 1.79. The van der Waals surface area contributed by atoms with E-state index in [2.05, 4.69) is 31.1 Å². The van der Waals surface area contributed by atoms with Crippen molar-refractivity contribution in [2.24, 2.45) is 34.0 Å². The van der Waals surface area contributed by atoms with Crippen LogP contribution in [0.3, 0.4) is 0 Å². The summed E-state index contributed by atoms with van der Waals surface area (Å²) in [5, 5.41) is 3.16. The van der Waals surface area contributed by atoms with Gasteiger partial charge in [0.2, 0.25) is 5.91 Å². The van der Waals surface area contributed by atoms with Gasteiger partial charge in [0.15, 0.2) is 5.96 Å². The number of rotatable bonds is 10. The quantitative estimate of drug-likeness (QED) is 0.190. The molecule has 1 amide bonds. The summed E-state index contributed by atoms with van der Waals surface area (Å²) < 4.78 is 5.41. The number of methoxy groups -OCH3 is 1. The van der Waals surface area contributed by atoms with Crippen LogP contribution in [0.2, 0.25) is 0 Å². The van der Waals surface area contributed by atoms with E-state index in [-0.39, 0.29) is 18.1 Å². The molecular formula is C13H29N5O2. The predicted octanol–water partition coefficient (Wildman–Crippen LogP) is -0.252. The van der Waals surface area contributed by atoms with Crippen molar-refractivity contribution in [2.45, 2.75) is 45.9 Å². The Kier molecular flexibility index (Phi) is 8.91. The second-order valence-electron chi connectivity index (χ2n) is 5.33. The molecule has 0 spiro atoms. The number of nitrogens with zero attached hydrogens (tertiary/aromatic N) is 1. The minimum Gasteiger partial charge on any atom is -0.370 e. The zero-order valence-corrected chi connectivity index (χ0v) is 12.9. The van der Waals surface area contributed by atoms with Gasteiger partial charge >= 0.3 is 0 Å². The van der Waals surface area contributed by atoms with Gasteiger partial charge in [-0.25, -0.2) is 0 Å². The molecule has 0 aromatic heterocycles. The van der Waals surface area contributed by atoms with Crippen LogP contribution in [0.5, 0.6) is 0 Å². The highest BCUT2D eigenvalue weighted by Crippen LogP contribution is 2.16. The van der Waals surface area contributed by atoms with Crippen molar-refractivity contribution < 1.29 is 9.53 Å². The molecule has 0 bridgehead atoms. The third-order valence-electron chi connectivity index (χ3n) is 3.44. The Balaban J connectivity index is 4.44. The fourth-order valence-corrected chi connectivity index (χ4v) is 1.79. The zero-order chi connectivity index (χ0) is 15.7. The molecule has 0 heterocycles. The van der Waals surface area contributed by atoms with E-state index in [0.717, 1.165) is 0 Å². The lowest BCUT2D eigenvalue weighted by Gasteiger charge is -2.29. The van der Waals surface area contributed by atoms with E-state index in [0.29, 0.717) is 25.3 Å². The van der Waals surface area contributed by atoms with Gasteiger partial charge in [-0.1, -0.05) is 20.8 Å². The van der Waals surface area contributed by atoms with E-state index < -0.39 is 11.9 Å². The molecule has 0 saturated carbocycles. The molecule has 0 aliphatic carbocycles. The number of primary amides is 1. The van der Waals surface area contributed by atoms with E-state index in [1.807, 2.05) is 0 Å². The summed E-state index contributed by atoms with van der Waals surface area (Å²) in [6.45, 7) is 6.77. The zero-order valence-electron chi connectivity index (χ0n) is 12.9. The van der Waals surface area contributed by atoms with Crippen LogP contribution < -0.4 is 22.5 Å². The largest absolute Gasteiger partial charge is 0.370 e. The Morgan fingerprint density at radius 3 is 2.25 bits per heavy atom. The van der Waals surface area contributed by atoms with Gasteiger partial charge in [-0.2, -0.15) is 0 Å². The normalized spacial score (nSPS) is 15.7. The van der Waals surface area contributed by atoms with Gasteiger partial charge in [0, 0.05) is 13.7 Å². The van der Waals surface area contributed by atoms with Crippen LogP contribution in [0.25, 0.3) is 0 Å². The molecule has 0 fully saturated rings. The van der Waals surface area contributed by atoms with Crippen molar-refractivity contribution in [2.75, 3.05) is 13.7 Å². The van der Waals surface area contributed by atoms with Gasteiger partial charge in [-0.3, -0.25) is 15.1 Å². The number of amides is 1. The van der Waals surface area contributed by atoms with E-state index in [1.54, 1.807) is 7.11 Å². The molecule has 0 aliphatic rings. The molecule has 7 N–H and O–H groups in total. The molecule has 3 atom stereocenters. The van der Waals surface area contributed by atoms with E-state index in [1.165, 1.54) is 0 Å². The van der Waals surface area contributed by atoms with Gasteiger partial charge < -0.3 is 21.9 Å². The summed E-state index contributed by atoms with van der Waals surface area (Å²) in [4.78, 5) is 15.4. The van der Waals surface area contributed by atoms with E-state index in [4.69, 9.17) is 21.9 Å². The topological polar surface area (TPSA) is 129 Å². The maximum absolute atomic E-state index is 11.5.